The third-order valence-electron chi connectivity index (χ3n) is 4.78. The summed E-state index contributed by atoms with van der Waals surface area (Å²) in [5.74, 6) is -0.296. The lowest BCUT2D eigenvalue weighted by molar-refractivity contribution is -0.141. The van der Waals surface area contributed by atoms with Crippen molar-refractivity contribution in [2.75, 3.05) is 0 Å². The molecule has 0 heterocycles. The van der Waals surface area contributed by atoms with Crippen molar-refractivity contribution < 1.29 is 9.59 Å². The average Bonchev–Trinajstić information content (AvgIpc) is 2.64. The average molecular weight is 435 g/mol. The van der Waals surface area contributed by atoms with Gasteiger partial charge in [-0.2, -0.15) is 0 Å². The van der Waals surface area contributed by atoms with E-state index in [-0.39, 0.29) is 24.3 Å². The van der Waals surface area contributed by atoms with Crippen LogP contribution in [0.25, 0.3) is 0 Å². The van der Waals surface area contributed by atoms with E-state index in [0.717, 1.165) is 11.1 Å². The molecule has 0 aliphatic heterocycles. The molecule has 29 heavy (non-hydrogen) atoms. The first-order valence-electron chi connectivity index (χ1n) is 9.81. The second kappa shape index (κ2) is 10.7. The lowest BCUT2D eigenvalue weighted by Gasteiger charge is -2.32. The van der Waals surface area contributed by atoms with E-state index in [0.29, 0.717) is 28.6 Å². The molecule has 156 valence electrons. The minimum Gasteiger partial charge on any atom is -0.352 e. The predicted octanol–water partition coefficient (Wildman–Crippen LogP) is 5.18. The van der Waals surface area contributed by atoms with Gasteiger partial charge in [0.2, 0.25) is 11.8 Å². The Labute approximate surface area is 183 Å². The summed E-state index contributed by atoms with van der Waals surface area (Å²) in [7, 11) is 0. The Morgan fingerprint density at radius 2 is 1.76 bits per heavy atom. The molecule has 0 radical (unpaired) electrons. The number of aryl methyl sites for hydroxylation is 1. The number of amides is 2. The molecule has 0 unspecified atom stereocenters. The van der Waals surface area contributed by atoms with Gasteiger partial charge >= 0.3 is 0 Å². The molecule has 0 fully saturated rings. The van der Waals surface area contributed by atoms with Crippen LogP contribution in [0, 0.1) is 6.92 Å². The minimum absolute atomic E-state index is 0.00215. The van der Waals surface area contributed by atoms with Gasteiger partial charge in [0.25, 0.3) is 0 Å². The first kappa shape index (κ1) is 23.2. The normalized spacial score (nSPS) is 12.0. The van der Waals surface area contributed by atoms with Gasteiger partial charge in [0.1, 0.15) is 6.04 Å². The van der Waals surface area contributed by atoms with Crippen LogP contribution in [0.5, 0.6) is 0 Å². The van der Waals surface area contributed by atoms with Gasteiger partial charge in [-0.3, -0.25) is 9.59 Å². The molecule has 0 aliphatic rings. The molecule has 2 rings (SSSR count). The smallest absolute Gasteiger partial charge is 0.243 e. The fraction of sp³-hybridized carbons (Fsp3) is 0.391. The summed E-state index contributed by atoms with van der Waals surface area (Å²) in [5, 5.41) is 3.90. The first-order chi connectivity index (χ1) is 13.7. The predicted molar refractivity (Wildman–Crippen MR) is 119 cm³/mol. The molecule has 0 aromatic heterocycles. The van der Waals surface area contributed by atoms with E-state index in [1.807, 2.05) is 52.0 Å². The number of hydrogen-bond acceptors (Lipinski definition) is 2. The van der Waals surface area contributed by atoms with E-state index in [2.05, 4.69) is 5.32 Å². The molecular formula is C23H28Cl2N2O2. The van der Waals surface area contributed by atoms with Crippen LogP contribution >= 0.6 is 23.2 Å². The Morgan fingerprint density at radius 1 is 1.07 bits per heavy atom. The fourth-order valence-electron chi connectivity index (χ4n) is 3.20. The molecule has 2 amide bonds. The van der Waals surface area contributed by atoms with E-state index in [9.17, 15) is 9.59 Å². The van der Waals surface area contributed by atoms with Crippen LogP contribution in [-0.2, 0) is 22.6 Å². The molecular weight excluding hydrogens is 407 g/mol. The Hall–Kier alpha value is -2.04. The molecule has 4 nitrogen and oxygen atoms in total. The molecule has 0 saturated heterocycles. The van der Waals surface area contributed by atoms with E-state index in [4.69, 9.17) is 23.2 Å². The highest BCUT2D eigenvalue weighted by molar-refractivity contribution is 6.35. The van der Waals surface area contributed by atoms with Gasteiger partial charge in [0.05, 0.1) is 6.42 Å². The van der Waals surface area contributed by atoms with Crippen LogP contribution in [0.2, 0.25) is 10.0 Å². The fourth-order valence-corrected chi connectivity index (χ4v) is 3.68. The van der Waals surface area contributed by atoms with Crippen LogP contribution in [0.1, 0.15) is 43.9 Å². The third-order valence-corrected chi connectivity index (χ3v) is 5.36. The summed E-state index contributed by atoms with van der Waals surface area (Å²) in [4.78, 5) is 27.8. The van der Waals surface area contributed by atoms with Crippen LogP contribution in [-0.4, -0.2) is 28.8 Å². The lowest BCUT2D eigenvalue weighted by atomic mass is 10.0. The lowest BCUT2D eigenvalue weighted by Crippen LogP contribution is -2.50. The maximum Gasteiger partial charge on any atom is 0.243 e. The van der Waals surface area contributed by atoms with E-state index >= 15 is 0 Å². The van der Waals surface area contributed by atoms with Crippen LogP contribution < -0.4 is 5.32 Å². The van der Waals surface area contributed by atoms with Gasteiger partial charge in [-0.1, -0.05) is 60.5 Å². The van der Waals surface area contributed by atoms with Gasteiger partial charge in [0, 0.05) is 22.6 Å². The minimum atomic E-state index is -0.560. The van der Waals surface area contributed by atoms with Crippen molar-refractivity contribution in [3.05, 3.63) is 69.2 Å². The molecule has 0 bridgehead atoms. The summed E-state index contributed by atoms with van der Waals surface area (Å²) < 4.78 is 0. The molecule has 6 heteroatoms. The number of carbonyl (C=O) groups is 2. The van der Waals surface area contributed by atoms with Gasteiger partial charge in [0.15, 0.2) is 0 Å². The highest BCUT2D eigenvalue weighted by atomic mass is 35.5. The molecule has 2 aromatic rings. The second-order valence-corrected chi connectivity index (χ2v) is 8.29. The van der Waals surface area contributed by atoms with Crippen LogP contribution in [0.4, 0.5) is 0 Å². The third kappa shape index (κ3) is 6.48. The summed E-state index contributed by atoms with van der Waals surface area (Å²) in [6, 6.07) is 12.4. The number of hydrogen-bond donors (Lipinski definition) is 1. The highest BCUT2D eigenvalue weighted by Crippen LogP contribution is 2.23. The quantitative estimate of drug-likeness (QED) is 0.622. The van der Waals surface area contributed by atoms with E-state index in [1.54, 1.807) is 23.1 Å². The maximum atomic E-state index is 13.3. The zero-order valence-electron chi connectivity index (χ0n) is 17.3. The number of carbonyl (C=O) groups excluding carboxylic acids is 2. The molecule has 2 aromatic carbocycles. The number of rotatable bonds is 8. The number of benzene rings is 2. The molecule has 0 saturated carbocycles. The van der Waals surface area contributed by atoms with Gasteiger partial charge in [-0.25, -0.2) is 0 Å². The van der Waals surface area contributed by atoms with Crippen molar-refractivity contribution in [3.8, 4) is 0 Å². The summed E-state index contributed by atoms with van der Waals surface area (Å²) in [6.45, 7) is 8.10. The van der Waals surface area contributed by atoms with Crippen molar-refractivity contribution >= 4 is 35.0 Å². The summed E-state index contributed by atoms with van der Waals surface area (Å²) in [5.41, 5.74) is 2.78. The molecule has 0 spiro atoms. The monoisotopic (exact) mass is 434 g/mol. The molecule has 1 atom stereocenters. The largest absolute Gasteiger partial charge is 0.352 e. The van der Waals surface area contributed by atoms with Gasteiger partial charge in [-0.05, 0) is 56.0 Å². The van der Waals surface area contributed by atoms with Crippen LogP contribution in [0.3, 0.4) is 0 Å². The zero-order chi connectivity index (χ0) is 21.6. The first-order valence-corrected chi connectivity index (χ1v) is 10.6. The summed E-state index contributed by atoms with van der Waals surface area (Å²) >= 11 is 12.2. The van der Waals surface area contributed by atoms with Crippen molar-refractivity contribution in [2.24, 2.45) is 0 Å². The standard InChI is InChI=1S/C23H28Cl2N2O2/c1-5-21(23(29)26-15(2)3)27(14-18-9-7-6-8-16(18)4)22(28)12-17-10-11-19(24)13-20(17)25/h6-11,13,15,21H,5,12,14H2,1-4H3,(H,26,29)/t21-/m0/s1. The molecule has 1 N–H and O–H groups in total. The molecule has 0 aliphatic carbocycles. The topological polar surface area (TPSA) is 49.4 Å². The van der Waals surface area contributed by atoms with Gasteiger partial charge < -0.3 is 10.2 Å². The number of halogens is 2. The van der Waals surface area contributed by atoms with Gasteiger partial charge in [-0.15, -0.1) is 0 Å². The van der Waals surface area contributed by atoms with Crippen LogP contribution in [0.15, 0.2) is 42.5 Å². The van der Waals surface area contributed by atoms with Crippen molar-refractivity contribution in [1.29, 1.82) is 0 Å². The Balaban J connectivity index is 2.35. The number of nitrogens with zero attached hydrogens (tertiary/aromatic N) is 1. The Kier molecular flexibility index (Phi) is 8.54. The zero-order valence-corrected chi connectivity index (χ0v) is 18.8. The SMILES string of the molecule is CC[C@@H](C(=O)NC(C)C)N(Cc1ccccc1C)C(=O)Cc1ccc(Cl)cc1Cl. The van der Waals surface area contributed by atoms with Crippen molar-refractivity contribution in [1.82, 2.24) is 10.2 Å². The number of nitrogens with one attached hydrogen (secondary N) is 1. The highest BCUT2D eigenvalue weighted by Gasteiger charge is 2.29. The maximum absolute atomic E-state index is 13.3. The van der Waals surface area contributed by atoms with Crippen molar-refractivity contribution in [3.63, 3.8) is 0 Å². The Bertz CT molecular complexity index is 868. The van der Waals surface area contributed by atoms with E-state index < -0.39 is 6.04 Å². The summed E-state index contributed by atoms with van der Waals surface area (Å²) in [6.07, 6.45) is 0.623. The van der Waals surface area contributed by atoms with Crippen molar-refractivity contribution in [2.45, 2.75) is 59.2 Å². The van der Waals surface area contributed by atoms with E-state index in [1.165, 1.54) is 0 Å². The Morgan fingerprint density at radius 3 is 2.34 bits per heavy atom. The second-order valence-electron chi connectivity index (χ2n) is 7.45.